The second-order valence-electron chi connectivity index (χ2n) is 43.9. The molecular formula is C107H160F2N18O8S2. The van der Waals surface area contributed by atoms with E-state index in [1.165, 1.54) is 50.8 Å². The first-order chi connectivity index (χ1) is 64.2. The van der Waals surface area contributed by atoms with E-state index in [1.807, 2.05) is 67.0 Å². The summed E-state index contributed by atoms with van der Waals surface area (Å²) in [6.45, 7) is 60.3. The van der Waals surface area contributed by atoms with Gasteiger partial charge in [0.25, 0.3) is 5.92 Å². The number of alkyl halides is 2. The molecule has 2 aliphatic carbocycles. The van der Waals surface area contributed by atoms with Crippen molar-refractivity contribution in [2.24, 2.45) is 50.2 Å². The smallest absolute Gasteiger partial charge is 0.316 e. The average Bonchev–Trinajstić information content (AvgIpc) is 1.73. The third-order valence-corrected chi connectivity index (χ3v) is 24.2. The van der Waals surface area contributed by atoms with Crippen LogP contribution in [0.1, 0.15) is 302 Å². The van der Waals surface area contributed by atoms with E-state index in [2.05, 4.69) is 257 Å². The van der Waals surface area contributed by atoms with Crippen molar-refractivity contribution in [1.29, 1.82) is 0 Å². The number of sulfonamides is 2. The Morgan fingerprint density at radius 1 is 0.496 bits per heavy atom. The van der Waals surface area contributed by atoms with Crippen molar-refractivity contribution in [2.45, 2.75) is 304 Å². The maximum Gasteiger partial charge on any atom is 0.316 e. The summed E-state index contributed by atoms with van der Waals surface area (Å²) in [5.41, 5.74) is 6.25. The molecule has 1 aromatic carbocycles. The zero-order valence-corrected chi connectivity index (χ0v) is 88.4. The van der Waals surface area contributed by atoms with Gasteiger partial charge in [0.05, 0.1) is 35.7 Å². The quantitative estimate of drug-likeness (QED) is 0.0476. The molecule has 137 heavy (non-hydrogen) atoms. The van der Waals surface area contributed by atoms with E-state index in [0.29, 0.717) is 59.7 Å². The fraction of sp³-hybridized carbons (Fsp3) is 0.589. The van der Waals surface area contributed by atoms with Gasteiger partial charge in [0.1, 0.15) is 46.2 Å². The molecule has 0 unspecified atom stereocenters. The van der Waals surface area contributed by atoms with Crippen LogP contribution in [0.25, 0.3) is 22.6 Å². The van der Waals surface area contributed by atoms with E-state index in [0.717, 1.165) is 197 Å². The predicted molar refractivity (Wildman–Crippen MR) is 547 cm³/mol. The molecule has 0 atom stereocenters. The molecule has 0 bridgehead atoms. The minimum absolute atomic E-state index is 0.0790. The molecule has 2 saturated carbocycles. The Labute approximate surface area is 819 Å². The lowest BCUT2D eigenvalue weighted by Crippen LogP contribution is -2.36. The van der Waals surface area contributed by atoms with Crippen molar-refractivity contribution in [3.8, 4) is 40.9 Å². The highest BCUT2D eigenvalue weighted by molar-refractivity contribution is 7.90. The monoisotopic (exact) mass is 1930 g/mol. The van der Waals surface area contributed by atoms with Gasteiger partial charge in [-0.1, -0.05) is 220 Å². The summed E-state index contributed by atoms with van der Waals surface area (Å²) < 4.78 is 99.0. The van der Waals surface area contributed by atoms with Crippen LogP contribution in [-0.2, 0) is 69.2 Å². The number of terminal acetylenes is 1. The molecule has 0 amide bonds. The van der Waals surface area contributed by atoms with Gasteiger partial charge in [0.15, 0.2) is 5.76 Å². The Bertz CT molecular complexity index is 5330. The maximum absolute atomic E-state index is 13.1. The summed E-state index contributed by atoms with van der Waals surface area (Å²) in [4.78, 5) is 51.9. The third-order valence-electron chi connectivity index (χ3n) is 20.8. The predicted octanol–water partition coefficient (Wildman–Crippen LogP) is 23.1. The summed E-state index contributed by atoms with van der Waals surface area (Å²) >= 11 is 0. The number of aromatic nitrogens is 14. The second kappa shape index (κ2) is 55.7. The first-order valence-corrected chi connectivity index (χ1v) is 51.6. The standard InChI is InChI=1S/C16H19F2N3.C14H23N3.C13H16N2O.C12H19N3O.C12H15N.C11H18N2O.C11H17NO2S.C10H16N2O.C8H17NO2S/c1-15(2,3)7-14-20-9-12(10-21-14)11-5-6-13(19-8-11)16(4,17)18;1-14(2,3)11-12-15-8-7-13(16-12)17-9-5-4-6-10-17;1-13(2,3)9-10-8-12(16-15-10)11-6-4-5-7-14-11;1-10(2)9-11-13-4-3-12(14-11)15-5-7-16-8-6-15;1-5-10-7-6-8-11(13-10)9-12(2,3)4;1-11(2,3)7-9-12-13-10(14-9)8-5-4-6-8;1-10(2)8-9-12-15(13,14)11-6-4-3-5-7-11;1-10(2,3)5-8-13-9-11-6-4-7-12-9;1-7(2)5-6-9-12(10,11)8-3-4-8/h5-6,8-10H,7H2,1-4H3;7-8H,4-6,9-11H2,1-3H3;4-8H,9H2,1-3H3;3-4,10H,5-9H2,1-2H3;1,6-8H,9H2,2-4H3;8H,4-7H2,1-3H3;3-7,10,12H,8-9H2,1-2H3;4,6-7H,5,8H2,1-3H3;7-9H,3-6H2,1-2H3. The molecule has 752 valence electrons. The third kappa shape index (κ3) is 49.9. The first-order valence-electron chi connectivity index (χ1n) is 48.6. The highest BCUT2D eigenvalue weighted by Crippen LogP contribution is 2.37. The summed E-state index contributed by atoms with van der Waals surface area (Å²) in [7, 11) is -6.24. The molecule has 9 aromatic heterocycles. The number of ether oxygens (including phenoxy) is 2. The minimum atomic E-state index is -3.31. The molecule has 10 aromatic rings. The van der Waals surface area contributed by atoms with Gasteiger partial charge in [0.2, 0.25) is 31.8 Å². The van der Waals surface area contributed by atoms with E-state index < -0.39 is 26.0 Å². The molecule has 0 radical (unpaired) electrons. The Morgan fingerprint density at radius 2 is 1.04 bits per heavy atom. The van der Waals surface area contributed by atoms with Gasteiger partial charge in [-0.2, -0.15) is 8.78 Å². The van der Waals surface area contributed by atoms with Crippen LogP contribution in [0.5, 0.6) is 6.01 Å². The zero-order valence-electron chi connectivity index (χ0n) is 86.8. The van der Waals surface area contributed by atoms with Crippen LogP contribution in [0.3, 0.4) is 0 Å². The van der Waals surface area contributed by atoms with E-state index in [4.69, 9.17) is 29.8 Å². The topological polar surface area (TPSA) is 324 Å². The van der Waals surface area contributed by atoms with Crippen molar-refractivity contribution < 1.29 is 44.0 Å². The van der Waals surface area contributed by atoms with Crippen molar-refractivity contribution in [3.63, 3.8) is 0 Å². The van der Waals surface area contributed by atoms with E-state index in [1.54, 1.807) is 73.4 Å². The van der Waals surface area contributed by atoms with Gasteiger partial charge in [0, 0.05) is 150 Å². The summed E-state index contributed by atoms with van der Waals surface area (Å²) in [5, 5.41) is 12.2. The minimum Gasteiger partial charge on any atom is -0.463 e. The summed E-state index contributed by atoms with van der Waals surface area (Å²) in [5.74, 6) is 9.05. The molecule has 2 N–H and O–H groups in total. The van der Waals surface area contributed by atoms with Crippen LogP contribution in [0.15, 0.2) is 167 Å². The average molecular weight is 1930 g/mol. The molecule has 11 heterocycles. The van der Waals surface area contributed by atoms with Crippen LogP contribution < -0.4 is 24.0 Å². The molecule has 14 rings (SSSR count). The fourth-order valence-electron chi connectivity index (χ4n) is 13.3. The summed E-state index contributed by atoms with van der Waals surface area (Å²) in [6, 6.07) is 31.2. The number of rotatable bonds is 26. The molecule has 30 heteroatoms. The lowest BCUT2D eigenvalue weighted by Gasteiger charge is -2.28. The number of halogens is 2. The number of anilines is 2. The van der Waals surface area contributed by atoms with Crippen LogP contribution in [-0.4, -0.2) is 151 Å². The summed E-state index contributed by atoms with van der Waals surface area (Å²) in [6.07, 6.45) is 36.5. The second-order valence-corrected chi connectivity index (χ2v) is 47.7. The Morgan fingerprint density at radius 3 is 1.56 bits per heavy atom. The Balaban J connectivity index is 0.000000238. The fourth-order valence-corrected chi connectivity index (χ4v) is 15.8. The highest BCUT2D eigenvalue weighted by Gasteiger charge is 2.35. The van der Waals surface area contributed by atoms with E-state index in [-0.39, 0.29) is 38.0 Å². The highest BCUT2D eigenvalue weighted by atomic mass is 32.2. The lowest BCUT2D eigenvalue weighted by molar-refractivity contribution is 0.0128. The number of pyridine rings is 3. The van der Waals surface area contributed by atoms with Crippen molar-refractivity contribution in [3.05, 3.63) is 205 Å². The molecule has 26 nitrogen and oxygen atoms in total. The maximum atomic E-state index is 13.1. The van der Waals surface area contributed by atoms with Crippen LogP contribution in [0.4, 0.5) is 20.4 Å². The number of morpholine rings is 1. The molecule has 4 aliphatic rings. The zero-order chi connectivity index (χ0) is 101. The normalized spacial score (nSPS) is 14.3. The van der Waals surface area contributed by atoms with E-state index >= 15 is 0 Å². The van der Waals surface area contributed by atoms with E-state index in [9.17, 15) is 25.6 Å². The van der Waals surface area contributed by atoms with Crippen molar-refractivity contribution in [2.75, 3.05) is 68.9 Å². The lowest BCUT2D eigenvalue weighted by atomic mass is 9.85. The van der Waals surface area contributed by atoms with Gasteiger partial charge in [-0.25, -0.2) is 71.1 Å². The molecule has 2 saturated heterocycles. The number of nitrogens with zero attached hydrogens (tertiary/aromatic N) is 16. The number of piperidine rings is 1. The van der Waals surface area contributed by atoms with Gasteiger partial charge in [-0.05, 0) is 188 Å². The Hall–Kier alpha value is -10.1. The number of hydrogen-bond acceptors (Lipinski definition) is 24. The number of benzene rings is 1. The molecule has 0 spiro atoms. The van der Waals surface area contributed by atoms with Crippen LogP contribution >= 0.6 is 0 Å². The van der Waals surface area contributed by atoms with Crippen LogP contribution in [0.2, 0.25) is 0 Å². The van der Waals surface area contributed by atoms with Gasteiger partial charge < -0.3 is 28.2 Å². The van der Waals surface area contributed by atoms with Gasteiger partial charge >= 0.3 is 6.01 Å². The number of nitrogens with one attached hydrogen (secondary N) is 2. The van der Waals surface area contributed by atoms with Crippen LogP contribution in [0, 0.1) is 62.6 Å². The molecular weight excluding hydrogens is 1770 g/mol. The SMILES string of the molecule is C#Cc1cccc(CC(C)(C)C)n1.CC(C)(C)CCOc1ncccn1.CC(C)(C)Cc1cc(-c2ccccn2)on1.CC(C)(C)Cc1ncc(-c2ccc(C(C)(F)F)nc2)cn1.CC(C)(C)Cc1nccc(N2CCCCC2)n1.CC(C)(C)Cc1nnc(C2CCC2)o1.CC(C)CCNS(=O)(=O)C1CC1.CC(C)CCNS(=O)(=O)c1ccccc1.CC(C)Cc1nccc(N2CCOCC2)n1. The van der Waals surface area contributed by atoms with Gasteiger partial charge in [-0.3, -0.25) is 9.97 Å². The Kier molecular flexibility index (Phi) is 47.0. The largest absolute Gasteiger partial charge is 0.463 e. The molecule has 2 aliphatic heterocycles. The molecule has 4 fully saturated rings. The number of hydrogen-bond donors (Lipinski definition) is 2. The van der Waals surface area contributed by atoms with Crippen molar-refractivity contribution in [1.82, 2.24) is 79.6 Å². The van der Waals surface area contributed by atoms with Crippen molar-refractivity contribution >= 4 is 31.7 Å². The first kappa shape index (κ1) is 116. The van der Waals surface area contributed by atoms with Gasteiger partial charge in [-0.15, -0.1) is 16.6 Å².